The molecule has 1 saturated carbocycles. The van der Waals surface area contributed by atoms with Crippen LogP contribution in [0.15, 0.2) is 6.07 Å². The molecular weight excluding hydrogens is 230 g/mol. The van der Waals surface area contributed by atoms with E-state index in [1.54, 1.807) is 0 Å². The largest absolute Gasteiger partial charge is 0.481 e. The molecule has 1 aliphatic rings. The average Bonchev–Trinajstić information content (AvgIpc) is 3.00. The molecule has 1 heterocycles. The first-order valence-corrected chi connectivity index (χ1v) is 5.43. The highest BCUT2D eigenvalue weighted by molar-refractivity contribution is 6.29. The second-order valence-electron chi connectivity index (χ2n) is 3.75. The molecule has 6 heteroatoms. The van der Waals surface area contributed by atoms with Crippen LogP contribution in [0.25, 0.3) is 0 Å². The Labute approximate surface area is 98.2 Å². The minimum absolute atomic E-state index is 0.0770. The van der Waals surface area contributed by atoms with E-state index in [0.717, 1.165) is 12.8 Å². The van der Waals surface area contributed by atoms with Gasteiger partial charge in [-0.1, -0.05) is 11.6 Å². The van der Waals surface area contributed by atoms with Gasteiger partial charge in [-0.2, -0.15) is 4.98 Å². The quantitative estimate of drug-likeness (QED) is 0.818. The molecule has 5 nitrogen and oxygen atoms in total. The van der Waals surface area contributed by atoms with Gasteiger partial charge in [0, 0.05) is 12.5 Å². The maximum Gasteiger partial charge on any atom is 0.234 e. The molecule has 2 rings (SSSR count). The van der Waals surface area contributed by atoms with E-state index < -0.39 is 0 Å². The summed E-state index contributed by atoms with van der Waals surface area (Å²) < 4.78 is 4.92. The van der Waals surface area contributed by atoms with Crippen LogP contribution >= 0.6 is 11.6 Å². The predicted octanol–water partition coefficient (Wildman–Crippen LogP) is 1.88. The number of ether oxygens (including phenoxy) is 1. The molecule has 0 aliphatic heterocycles. The van der Waals surface area contributed by atoms with E-state index in [9.17, 15) is 4.79 Å². The number of rotatable bonds is 4. The summed E-state index contributed by atoms with van der Waals surface area (Å²) in [6.07, 6.45) is 2.79. The average molecular weight is 242 g/mol. The van der Waals surface area contributed by atoms with Crippen LogP contribution in [-0.4, -0.2) is 23.0 Å². The van der Waals surface area contributed by atoms with Crippen molar-refractivity contribution in [2.45, 2.75) is 19.3 Å². The lowest BCUT2D eigenvalue weighted by molar-refractivity contribution is -0.116. The molecule has 0 unspecified atom stereocenters. The summed E-state index contributed by atoms with van der Waals surface area (Å²) in [5.74, 6) is 0.977. The maximum absolute atomic E-state index is 11.5. The molecule has 86 valence electrons. The number of hydrogen-bond donors (Lipinski definition) is 1. The number of nitrogens with zero attached hydrogens (tertiary/aromatic N) is 2. The predicted molar refractivity (Wildman–Crippen MR) is 59.6 cm³/mol. The Morgan fingerprint density at radius 3 is 3.00 bits per heavy atom. The SMILES string of the molecule is COc1cc(Cl)nc(NC(=O)CC2CC2)n1. The Kier molecular flexibility index (Phi) is 3.24. The monoisotopic (exact) mass is 241 g/mol. The van der Waals surface area contributed by atoms with Crippen molar-refractivity contribution in [3.8, 4) is 5.88 Å². The molecule has 0 atom stereocenters. The Morgan fingerprint density at radius 1 is 1.62 bits per heavy atom. The third kappa shape index (κ3) is 3.06. The van der Waals surface area contributed by atoms with Crippen LogP contribution in [-0.2, 0) is 4.79 Å². The molecular formula is C10H12ClN3O2. The molecule has 1 aromatic rings. The minimum Gasteiger partial charge on any atom is -0.481 e. The van der Waals surface area contributed by atoms with E-state index in [-0.39, 0.29) is 17.0 Å². The summed E-state index contributed by atoms with van der Waals surface area (Å²) in [6, 6.07) is 1.48. The summed E-state index contributed by atoms with van der Waals surface area (Å²) in [5.41, 5.74) is 0. The number of nitrogens with one attached hydrogen (secondary N) is 1. The Morgan fingerprint density at radius 2 is 2.38 bits per heavy atom. The molecule has 16 heavy (non-hydrogen) atoms. The molecule has 0 aromatic carbocycles. The van der Waals surface area contributed by atoms with Gasteiger partial charge in [0.25, 0.3) is 0 Å². The Balaban J connectivity index is 2.01. The van der Waals surface area contributed by atoms with Crippen molar-refractivity contribution < 1.29 is 9.53 Å². The first kappa shape index (κ1) is 11.1. The number of amides is 1. The van der Waals surface area contributed by atoms with Gasteiger partial charge < -0.3 is 4.74 Å². The molecule has 1 aromatic heterocycles. The van der Waals surface area contributed by atoms with Gasteiger partial charge in [0.1, 0.15) is 5.15 Å². The van der Waals surface area contributed by atoms with E-state index in [4.69, 9.17) is 16.3 Å². The Bertz CT molecular complexity index is 407. The van der Waals surface area contributed by atoms with Gasteiger partial charge in [0.15, 0.2) is 0 Å². The fourth-order valence-electron chi connectivity index (χ4n) is 1.32. The van der Waals surface area contributed by atoms with Crippen LogP contribution in [0.2, 0.25) is 5.15 Å². The Hall–Kier alpha value is -1.36. The summed E-state index contributed by atoms with van der Waals surface area (Å²) in [4.78, 5) is 19.4. The van der Waals surface area contributed by atoms with E-state index >= 15 is 0 Å². The van der Waals surface area contributed by atoms with Crippen molar-refractivity contribution in [3.63, 3.8) is 0 Å². The van der Waals surface area contributed by atoms with E-state index in [1.165, 1.54) is 13.2 Å². The van der Waals surface area contributed by atoms with Gasteiger partial charge in [0.2, 0.25) is 17.7 Å². The maximum atomic E-state index is 11.5. The lowest BCUT2D eigenvalue weighted by Gasteiger charge is -2.05. The number of carbonyl (C=O) groups excluding carboxylic acids is 1. The smallest absolute Gasteiger partial charge is 0.234 e. The van der Waals surface area contributed by atoms with Crippen LogP contribution in [0.5, 0.6) is 5.88 Å². The molecule has 1 N–H and O–H groups in total. The molecule has 0 radical (unpaired) electrons. The molecule has 0 saturated heterocycles. The minimum atomic E-state index is -0.0770. The molecule has 1 amide bonds. The third-order valence-electron chi connectivity index (χ3n) is 2.30. The lowest BCUT2D eigenvalue weighted by Crippen LogP contribution is -2.14. The molecule has 1 fully saturated rings. The van der Waals surface area contributed by atoms with Crippen LogP contribution in [0.1, 0.15) is 19.3 Å². The zero-order valence-corrected chi connectivity index (χ0v) is 9.62. The van der Waals surface area contributed by atoms with Crippen molar-refractivity contribution >= 4 is 23.5 Å². The highest BCUT2D eigenvalue weighted by Gasteiger charge is 2.24. The number of halogens is 1. The van der Waals surface area contributed by atoms with E-state index in [2.05, 4.69) is 15.3 Å². The first-order chi connectivity index (χ1) is 7.67. The second-order valence-corrected chi connectivity index (χ2v) is 4.14. The summed E-state index contributed by atoms with van der Waals surface area (Å²) >= 11 is 5.75. The van der Waals surface area contributed by atoms with Gasteiger partial charge in [-0.3, -0.25) is 10.1 Å². The van der Waals surface area contributed by atoms with Gasteiger partial charge in [0.05, 0.1) is 7.11 Å². The molecule has 0 bridgehead atoms. The van der Waals surface area contributed by atoms with Gasteiger partial charge >= 0.3 is 0 Å². The highest BCUT2D eigenvalue weighted by atomic mass is 35.5. The normalized spacial score (nSPS) is 14.6. The first-order valence-electron chi connectivity index (χ1n) is 5.06. The van der Waals surface area contributed by atoms with Gasteiger partial charge in [-0.05, 0) is 18.8 Å². The fourth-order valence-corrected chi connectivity index (χ4v) is 1.49. The second kappa shape index (κ2) is 4.65. The molecule has 1 aliphatic carbocycles. The van der Waals surface area contributed by atoms with Crippen molar-refractivity contribution in [2.24, 2.45) is 5.92 Å². The van der Waals surface area contributed by atoms with Crippen molar-refractivity contribution in [2.75, 3.05) is 12.4 Å². The molecule has 0 spiro atoms. The van der Waals surface area contributed by atoms with E-state index in [1.807, 2.05) is 0 Å². The third-order valence-corrected chi connectivity index (χ3v) is 2.50. The lowest BCUT2D eigenvalue weighted by atomic mass is 10.3. The van der Waals surface area contributed by atoms with Crippen LogP contribution < -0.4 is 10.1 Å². The highest BCUT2D eigenvalue weighted by Crippen LogP contribution is 2.32. The number of aromatic nitrogens is 2. The summed E-state index contributed by atoms with van der Waals surface area (Å²) in [7, 11) is 1.48. The number of methoxy groups -OCH3 is 1. The van der Waals surface area contributed by atoms with E-state index in [0.29, 0.717) is 18.2 Å². The zero-order chi connectivity index (χ0) is 11.5. The fraction of sp³-hybridized carbons (Fsp3) is 0.500. The zero-order valence-electron chi connectivity index (χ0n) is 8.86. The number of carbonyl (C=O) groups is 1. The standard InChI is InChI=1S/C10H12ClN3O2/c1-16-9-5-7(11)12-10(14-9)13-8(15)4-6-2-3-6/h5-6H,2-4H2,1H3,(H,12,13,14,15). The van der Waals surface area contributed by atoms with Gasteiger partial charge in [-0.25, -0.2) is 4.98 Å². The number of hydrogen-bond acceptors (Lipinski definition) is 4. The van der Waals surface area contributed by atoms with Crippen molar-refractivity contribution in [1.29, 1.82) is 0 Å². The van der Waals surface area contributed by atoms with Crippen molar-refractivity contribution in [3.05, 3.63) is 11.2 Å². The summed E-state index contributed by atoms with van der Waals surface area (Å²) in [5, 5.41) is 2.85. The topological polar surface area (TPSA) is 64.1 Å². The summed E-state index contributed by atoms with van der Waals surface area (Å²) in [6.45, 7) is 0. The van der Waals surface area contributed by atoms with Crippen LogP contribution in [0.4, 0.5) is 5.95 Å². The van der Waals surface area contributed by atoms with Crippen molar-refractivity contribution in [1.82, 2.24) is 9.97 Å². The number of anilines is 1. The van der Waals surface area contributed by atoms with Gasteiger partial charge in [-0.15, -0.1) is 0 Å². The van der Waals surface area contributed by atoms with Crippen LogP contribution in [0.3, 0.4) is 0 Å². The van der Waals surface area contributed by atoms with Crippen LogP contribution in [0, 0.1) is 5.92 Å².